The van der Waals surface area contributed by atoms with Gasteiger partial charge < -0.3 is 5.11 Å². The summed E-state index contributed by atoms with van der Waals surface area (Å²) in [5.74, 6) is 0.0160. The number of ketones is 1. The van der Waals surface area contributed by atoms with Gasteiger partial charge in [0, 0.05) is 12.0 Å². The summed E-state index contributed by atoms with van der Waals surface area (Å²) in [6, 6.07) is -0.516. The van der Waals surface area contributed by atoms with Crippen LogP contribution in [0.5, 0.6) is 0 Å². The van der Waals surface area contributed by atoms with E-state index in [1.165, 1.54) is 4.90 Å². The monoisotopic (exact) mass is 229 g/mol. The molecule has 0 saturated carbocycles. The van der Waals surface area contributed by atoms with Crippen molar-refractivity contribution >= 4 is 11.9 Å². The minimum absolute atomic E-state index is 0.0160. The summed E-state index contributed by atoms with van der Waals surface area (Å²) < 4.78 is 0. The van der Waals surface area contributed by atoms with E-state index in [1.54, 1.807) is 0 Å². The van der Waals surface area contributed by atoms with Gasteiger partial charge in [-0.2, -0.15) is 0 Å². The second-order valence-corrected chi connectivity index (χ2v) is 4.96. The van der Waals surface area contributed by atoms with E-state index < -0.39 is 17.7 Å². The fourth-order valence-electron chi connectivity index (χ4n) is 1.86. The Balaban J connectivity index is 5.01. The lowest BCUT2D eigenvalue weighted by molar-refractivity contribution is -0.125. The van der Waals surface area contributed by atoms with Gasteiger partial charge in [0.05, 0.1) is 6.04 Å². The Morgan fingerprint density at radius 2 is 1.75 bits per heavy atom. The summed E-state index contributed by atoms with van der Waals surface area (Å²) in [5, 5.41) is 9.20. The lowest BCUT2D eigenvalue weighted by Gasteiger charge is -2.38. The average molecular weight is 229 g/mol. The molecule has 1 amide bonds. The van der Waals surface area contributed by atoms with Gasteiger partial charge in [0.2, 0.25) is 0 Å². The number of carbonyl (C=O) groups is 2. The van der Waals surface area contributed by atoms with E-state index in [0.29, 0.717) is 12.8 Å². The van der Waals surface area contributed by atoms with Crippen LogP contribution in [0.25, 0.3) is 0 Å². The molecule has 0 aliphatic rings. The Labute approximate surface area is 97.6 Å². The molecule has 94 valence electrons. The Morgan fingerprint density at radius 3 is 2.00 bits per heavy atom. The third-order valence-electron chi connectivity index (χ3n) is 2.50. The first-order chi connectivity index (χ1) is 7.25. The Morgan fingerprint density at radius 1 is 1.25 bits per heavy atom. The summed E-state index contributed by atoms with van der Waals surface area (Å²) in [6.07, 6.45) is 0.706. The van der Waals surface area contributed by atoms with Gasteiger partial charge in [0.25, 0.3) is 0 Å². The Bertz CT molecular complexity index is 255. The molecule has 0 fully saturated rings. The van der Waals surface area contributed by atoms with E-state index >= 15 is 0 Å². The van der Waals surface area contributed by atoms with Crippen LogP contribution < -0.4 is 0 Å². The number of nitrogens with zero attached hydrogens (tertiary/aromatic N) is 1. The maximum atomic E-state index is 11.9. The lowest BCUT2D eigenvalue weighted by Crippen LogP contribution is -2.53. The van der Waals surface area contributed by atoms with E-state index in [9.17, 15) is 14.7 Å². The number of hydrogen-bond donors (Lipinski definition) is 1. The maximum absolute atomic E-state index is 11.9. The second kappa shape index (κ2) is 5.87. The molecule has 4 nitrogen and oxygen atoms in total. The summed E-state index contributed by atoms with van der Waals surface area (Å²) in [7, 11) is 0. The number of carbonyl (C=O) groups excluding carboxylic acids is 1. The van der Waals surface area contributed by atoms with Crippen molar-refractivity contribution < 1.29 is 14.7 Å². The first-order valence-electron chi connectivity index (χ1n) is 5.80. The molecule has 0 aliphatic carbocycles. The van der Waals surface area contributed by atoms with Crippen LogP contribution in [0, 0.1) is 0 Å². The van der Waals surface area contributed by atoms with Gasteiger partial charge in [0.15, 0.2) is 5.78 Å². The fraction of sp³-hybridized carbons (Fsp3) is 0.833. The molecule has 0 saturated heterocycles. The van der Waals surface area contributed by atoms with E-state index in [4.69, 9.17) is 0 Å². The molecule has 0 bridgehead atoms. The zero-order chi connectivity index (χ0) is 12.9. The number of carboxylic acid groups (broad SMARTS) is 1. The van der Waals surface area contributed by atoms with Crippen LogP contribution in [0.3, 0.4) is 0 Å². The minimum atomic E-state index is -1.02. The number of hydrogen-bond acceptors (Lipinski definition) is 2. The van der Waals surface area contributed by atoms with E-state index in [2.05, 4.69) is 0 Å². The molecular formula is C12H23NO3. The number of amides is 1. The highest BCUT2D eigenvalue weighted by Gasteiger charge is 2.35. The van der Waals surface area contributed by atoms with Crippen LogP contribution in [0.4, 0.5) is 4.79 Å². The first-order valence-corrected chi connectivity index (χ1v) is 5.80. The number of Topliss-reactive ketones (excluding diaryl/α,β-unsaturated/α-hetero) is 1. The molecule has 0 aromatic carbocycles. The summed E-state index contributed by atoms with van der Waals surface area (Å²) >= 11 is 0. The van der Waals surface area contributed by atoms with Gasteiger partial charge in [-0.15, -0.1) is 0 Å². The van der Waals surface area contributed by atoms with Crippen molar-refractivity contribution in [3.8, 4) is 0 Å². The van der Waals surface area contributed by atoms with Crippen molar-refractivity contribution in [3.05, 3.63) is 0 Å². The topological polar surface area (TPSA) is 57.6 Å². The molecule has 1 unspecified atom stereocenters. The SMILES string of the molecule is CCCC(=O)C(CC)N(C(=O)O)C(C)(C)C. The van der Waals surface area contributed by atoms with Gasteiger partial charge in [-0.3, -0.25) is 9.69 Å². The van der Waals surface area contributed by atoms with Gasteiger partial charge in [-0.1, -0.05) is 13.8 Å². The maximum Gasteiger partial charge on any atom is 0.408 e. The zero-order valence-corrected chi connectivity index (χ0v) is 10.9. The average Bonchev–Trinajstić information content (AvgIpc) is 2.11. The van der Waals surface area contributed by atoms with Crippen LogP contribution in [0.2, 0.25) is 0 Å². The smallest absolute Gasteiger partial charge is 0.408 e. The van der Waals surface area contributed by atoms with E-state index in [0.717, 1.165) is 6.42 Å². The largest absolute Gasteiger partial charge is 0.465 e. The van der Waals surface area contributed by atoms with Gasteiger partial charge >= 0.3 is 6.09 Å². The van der Waals surface area contributed by atoms with Crippen molar-refractivity contribution in [2.45, 2.75) is 65.5 Å². The van der Waals surface area contributed by atoms with Crippen molar-refractivity contribution in [2.24, 2.45) is 0 Å². The summed E-state index contributed by atoms with van der Waals surface area (Å²) in [6.45, 7) is 9.20. The molecular weight excluding hydrogens is 206 g/mol. The molecule has 1 N–H and O–H groups in total. The standard InChI is InChI=1S/C12H23NO3/c1-6-8-10(14)9(7-2)13(11(15)16)12(3,4)5/h9H,6-8H2,1-5H3,(H,15,16). The van der Waals surface area contributed by atoms with E-state index in [1.807, 2.05) is 34.6 Å². The molecule has 0 aromatic heterocycles. The Kier molecular flexibility index (Phi) is 5.48. The second-order valence-electron chi connectivity index (χ2n) is 4.96. The molecule has 0 aliphatic heterocycles. The molecule has 0 spiro atoms. The van der Waals surface area contributed by atoms with Crippen molar-refractivity contribution in [3.63, 3.8) is 0 Å². The van der Waals surface area contributed by atoms with E-state index in [-0.39, 0.29) is 5.78 Å². The predicted molar refractivity (Wildman–Crippen MR) is 63.6 cm³/mol. The van der Waals surface area contributed by atoms with Gasteiger partial charge in [-0.05, 0) is 33.6 Å². The van der Waals surface area contributed by atoms with Crippen LogP contribution in [0.1, 0.15) is 53.9 Å². The molecule has 16 heavy (non-hydrogen) atoms. The highest BCUT2D eigenvalue weighted by Crippen LogP contribution is 2.21. The summed E-state index contributed by atoms with van der Waals surface area (Å²) in [5.41, 5.74) is -0.546. The quantitative estimate of drug-likeness (QED) is 0.788. The third kappa shape index (κ3) is 3.83. The molecule has 4 heteroatoms. The van der Waals surface area contributed by atoms with Crippen LogP contribution in [-0.2, 0) is 4.79 Å². The molecule has 0 rings (SSSR count). The molecule has 0 aromatic rings. The zero-order valence-electron chi connectivity index (χ0n) is 10.9. The molecule has 0 radical (unpaired) electrons. The third-order valence-corrected chi connectivity index (χ3v) is 2.50. The first kappa shape index (κ1) is 14.9. The van der Waals surface area contributed by atoms with Crippen LogP contribution >= 0.6 is 0 Å². The fourth-order valence-corrected chi connectivity index (χ4v) is 1.86. The van der Waals surface area contributed by atoms with Crippen LogP contribution in [0.15, 0.2) is 0 Å². The van der Waals surface area contributed by atoms with Gasteiger partial charge in [-0.25, -0.2) is 4.79 Å². The molecule has 0 heterocycles. The summed E-state index contributed by atoms with van der Waals surface area (Å²) in [4.78, 5) is 24.4. The van der Waals surface area contributed by atoms with Gasteiger partial charge in [0.1, 0.15) is 0 Å². The van der Waals surface area contributed by atoms with Crippen molar-refractivity contribution in [1.82, 2.24) is 4.90 Å². The normalized spacial score (nSPS) is 13.3. The van der Waals surface area contributed by atoms with Crippen LogP contribution in [-0.4, -0.2) is 33.5 Å². The van der Waals surface area contributed by atoms with Crippen molar-refractivity contribution in [2.75, 3.05) is 0 Å². The molecule has 1 atom stereocenters. The highest BCUT2D eigenvalue weighted by molar-refractivity contribution is 5.87. The van der Waals surface area contributed by atoms with Crippen molar-refractivity contribution in [1.29, 1.82) is 0 Å². The lowest BCUT2D eigenvalue weighted by atomic mass is 9.97. The number of rotatable bonds is 5. The Hall–Kier alpha value is -1.06. The predicted octanol–water partition coefficient (Wildman–Crippen LogP) is 2.91. The highest BCUT2D eigenvalue weighted by atomic mass is 16.4. The minimum Gasteiger partial charge on any atom is -0.465 e.